The quantitative estimate of drug-likeness (QED) is 0.453. The smallest absolute Gasteiger partial charge is 0.125 e. The minimum absolute atomic E-state index is 0.0509. The molecule has 0 saturated heterocycles. The second-order valence-corrected chi connectivity index (χ2v) is 2.47. The first-order valence-corrected chi connectivity index (χ1v) is 3.20. The van der Waals surface area contributed by atoms with Crippen molar-refractivity contribution in [3.05, 3.63) is 0 Å². The van der Waals surface area contributed by atoms with Crippen molar-refractivity contribution in [2.45, 2.75) is 19.4 Å². The van der Waals surface area contributed by atoms with Crippen LogP contribution >= 0.6 is 0 Å². The molecule has 0 aromatic rings. The van der Waals surface area contributed by atoms with Gasteiger partial charge in [0.05, 0.1) is 5.97 Å². The van der Waals surface area contributed by atoms with Gasteiger partial charge in [0.2, 0.25) is 0 Å². The van der Waals surface area contributed by atoms with Crippen LogP contribution in [0.4, 0.5) is 0 Å². The number of rotatable bonds is 4. The highest BCUT2D eigenvalue weighted by atomic mass is 16.4. The largest absolute Gasteiger partial charge is 0.550 e. The molecule has 2 atom stereocenters. The second-order valence-electron chi connectivity index (χ2n) is 2.47. The molecule has 0 radical (unpaired) electrons. The van der Waals surface area contributed by atoms with Gasteiger partial charge in [-0.2, -0.15) is 0 Å². The number of carboxylic acid groups (broad SMARTS) is 2. The Balaban J connectivity index is 3.84. The van der Waals surface area contributed by atoms with Crippen LogP contribution in [0.1, 0.15) is 13.3 Å². The average Bonchev–Trinajstić information content (AvgIpc) is 1.87. The summed E-state index contributed by atoms with van der Waals surface area (Å²) >= 11 is 0. The fourth-order valence-corrected chi connectivity index (χ4v) is 0.619. The van der Waals surface area contributed by atoms with Crippen LogP contribution in [-0.2, 0) is 9.59 Å². The zero-order valence-corrected chi connectivity index (χ0v) is 6.20. The summed E-state index contributed by atoms with van der Waals surface area (Å²) in [6.45, 7) is 1.37. The molecule has 0 heterocycles. The fraction of sp³-hybridized carbons (Fsp3) is 0.667. The summed E-state index contributed by atoms with van der Waals surface area (Å²) in [6, 6.07) is -0.983. The summed E-state index contributed by atoms with van der Waals surface area (Å²) in [4.78, 5) is 20.2. The Bertz CT molecular complexity index is 150. The van der Waals surface area contributed by atoms with Crippen molar-refractivity contribution >= 4 is 11.9 Å². The number of quaternary nitrogens is 1. The maximum atomic E-state index is 10.1. The van der Waals surface area contributed by atoms with E-state index in [2.05, 4.69) is 5.73 Å². The molecule has 0 bridgehead atoms. The zero-order valence-electron chi connectivity index (χ0n) is 6.20. The van der Waals surface area contributed by atoms with Gasteiger partial charge in [-0.1, -0.05) is 6.92 Å². The van der Waals surface area contributed by atoms with E-state index in [1.807, 2.05) is 0 Å². The third kappa shape index (κ3) is 3.57. The number of carboxylic acids is 2. The highest BCUT2D eigenvalue weighted by Gasteiger charge is 2.13. The van der Waals surface area contributed by atoms with Crippen molar-refractivity contribution in [3.8, 4) is 0 Å². The lowest BCUT2D eigenvalue weighted by atomic mass is 10.0. The van der Waals surface area contributed by atoms with Crippen LogP contribution < -0.4 is 15.9 Å². The maximum absolute atomic E-state index is 10.1. The van der Waals surface area contributed by atoms with E-state index in [9.17, 15) is 19.8 Å². The highest BCUT2D eigenvalue weighted by Crippen LogP contribution is 2.00. The molecule has 0 aliphatic carbocycles. The molecule has 3 N–H and O–H groups in total. The lowest BCUT2D eigenvalue weighted by molar-refractivity contribution is -0.440. The molecule has 0 aliphatic rings. The molecule has 5 heteroatoms. The number of aliphatic carboxylic acids is 2. The van der Waals surface area contributed by atoms with Crippen LogP contribution in [0.2, 0.25) is 0 Å². The fourth-order valence-electron chi connectivity index (χ4n) is 0.619. The van der Waals surface area contributed by atoms with E-state index in [0.29, 0.717) is 0 Å². The van der Waals surface area contributed by atoms with Gasteiger partial charge in [0.25, 0.3) is 0 Å². The molecule has 5 nitrogen and oxygen atoms in total. The van der Waals surface area contributed by atoms with Gasteiger partial charge in [0.1, 0.15) is 6.04 Å². The van der Waals surface area contributed by atoms with Gasteiger partial charge in [-0.25, -0.2) is 0 Å². The van der Waals surface area contributed by atoms with E-state index in [0.717, 1.165) is 0 Å². The molecule has 0 saturated carbocycles. The molecule has 0 amide bonds. The van der Waals surface area contributed by atoms with E-state index in [-0.39, 0.29) is 6.42 Å². The molecular weight excluding hydrogens is 150 g/mol. The standard InChI is InChI=1S/C6H11NO4/c1-3(5(8)9)2-4(7)6(10)11/h3-4H,2,7H2,1H3,(H,8,9)(H,10,11)/p-1/t3-,4+/m0/s1. The van der Waals surface area contributed by atoms with Crippen molar-refractivity contribution in [2.24, 2.45) is 5.92 Å². The van der Waals surface area contributed by atoms with Crippen LogP contribution in [0.25, 0.3) is 0 Å². The molecule has 0 aromatic heterocycles. The Labute approximate surface area is 63.8 Å². The summed E-state index contributed by atoms with van der Waals surface area (Å²) in [5.74, 6) is -3.39. The van der Waals surface area contributed by atoms with Crippen molar-refractivity contribution in [3.63, 3.8) is 0 Å². The minimum atomic E-state index is -1.34. The molecule has 64 valence electrons. The van der Waals surface area contributed by atoms with Crippen molar-refractivity contribution < 1.29 is 25.5 Å². The highest BCUT2D eigenvalue weighted by molar-refractivity contribution is 5.72. The first-order chi connectivity index (χ1) is 4.95. The van der Waals surface area contributed by atoms with Crippen LogP contribution in [0, 0.1) is 5.92 Å². The Morgan fingerprint density at radius 3 is 2.09 bits per heavy atom. The van der Waals surface area contributed by atoms with Crippen molar-refractivity contribution in [2.75, 3.05) is 0 Å². The van der Waals surface area contributed by atoms with Crippen LogP contribution in [0.3, 0.4) is 0 Å². The van der Waals surface area contributed by atoms with Gasteiger partial charge < -0.3 is 25.5 Å². The number of carbonyl (C=O) groups is 2. The Hall–Kier alpha value is -1.10. The van der Waals surface area contributed by atoms with E-state index in [4.69, 9.17) is 0 Å². The molecule has 0 aromatic carbocycles. The van der Waals surface area contributed by atoms with Crippen LogP contribution in [0.15, 0.2) is 0 Å². The molecule has 0 fully saturated rings. The number of carbonyl (C=O) groups excluding carboxylic acids is 2. The van der Waals surface area contributed by atoms with E-state index >= 15 is 0 Å². The molecule has 0 unspecified atom stereocenters. The normalized spacial score (nSPS) is 15.5. The van der Waals surface area contributed by atoms with E-state index in [1.165, 1.54) is 6.92 Å². The first-order valence-electron chi connectivity index (χ1n) is 3.20. The van der Waals surface area contributed by atoms with E-state index < -0.39 is 23.9 Å². The van der Waals surface area contributed by atoms with Crippen LogP contribution in [-0.4, -0.2) is 18.0 Å². The summed E-state index contributed by atoms with van der Waals surface area (Å²) < 4.78 is 0. The number of hydrogen-bond acceptors (Lipinski definition) is 4. The van der Waals surface area contributed by atoms with Gasteiger partial charge in [-0.15, -0.1) is 0 Å². The van der Waals surface area contributed by atoms with Gasteiger partial charge in [0.15, 0.2) is 0 Å². The van der Waals surface area contributed by atoms with Gasteiger partial charge in [-0.3, -0.25) is 0 Å². The second kappa shape index (κ2) is 3.92. The summed E-state index contributed by atoms with van der Waals surface area (Å²) in [6.07, 6.45) is -0.0509. The summed E-state index contributed by atoms with van der Waals surface area (Å²) in [5.41, 5.74) is 3.21. The molecule has 0 rings (SSSR count). The number of hydrogen-bond donors (Lipinski definition) is 1. The topological polar surface area (TPSA) is 108 Å². The third-order valence-electron chi connectivity index (χ3n) is 1.37. The Kier molecular flexibility index (Phi) is 3.53. The molecule has 0 aliphatic heterocycles. The molecule has 11 heavy (non-hydrogen) atoms. The van der Waals surface area contributed by atoms with Gasteiger partial charge in [0, 0.05) is 18.3 Å². The van der Waals surface area contributed by atoms with E-state index in [1.54, 1.807) is 0 Å². The Morgan fingerprint density at radius 1 is 1.36 bits per heavy atom. The van der Waals surface area contributed by atoms with Crippen molar-refractivity contribution in [1.82, 2.24) is 0 Å². The lowest BCUT2D eigenvalue weighted by Crippen LogP contribution is -2.69. The third-order valence-corrected chi connectivity index (χ3v) is 1.37. The van der Waals surface area contributed by atoms with Gasteiger partial charge in [-0.05, 0) is 0 Å². The van der Waals surface area contributed by atoms with Gasteiger partial charge >= 0.3 is 0 Å². The average molecular weight is 160 g/mol. The first kappa shape index (κ1) is 9.90. The van der Waals surface area contributed by atoms with Crippen LogP contribution in [0.5, 0.6) is 0 Å². The summed E-state index contributed by atoms with van der Waals surface area (Å²) in [5, 5.41) is 20.2. The molecular formula is C6H10NO4-. The predicted molar refractivity (Wildman–Crippen MR) is 30.5 cm³/mol. The lowest BCUT2D eigenvalue weighted by Gasteiger charge is -2.15. The SMILES string of the molecule is C[C@@H](C[C@@H]([NH3+])C(=O)[O-])C(=O)[O-]. The Morgan fingerprint density at radius 2 is 1.82 bits per heavy atom. The molecule has 0 spiro atoms. The minimum Gasteiger partial charge on any atom is -0.550 e. The zero-order chi connectivity index (χ0) is 9.02. The predicted octanol–water partition coefficient (Wildman–Crippen LogP) is -3.88. The van der Waals surface area contributed by atoms with Crippen molar-refractivity contribution in [1.29, 1.82) is 0 Å². The summed E-state index contributed by atoms with van der Waals surface area (Å²) in [7, 11) is 0. The monoisotopic (exact) mass is 160 g/mol. The maximum Gasteiger partial charge on any atom is 0.125 e.